The average Bonchev–Trinajstić information content (AvgIpc) is 2.78. The molecular formula is C18H26O. The van der Waals surface area contributed by atoms with E-state index in [9.17, 15) is 5.11 Å². The van der Waals surface area contributed by atoms with Crippen molar-refractivity contribution in [3.63, 3.8) is 0 Å². The van der Waals surface area contributed by atoms with Crippen LogP contribution in [0.5, 0.6) is 0 Å². The van der Waals surface area contributed by atoms with E-state index in [4.69, 9.17) is 0 Å². The molecule has 2 aliphatic carbocycles. The van der Waals surface area contributed by atoms with Gasteiger partial charge in [-0.05, 0) is 53.2 Å². The second-order valence-electron chi connectivity index (χ2n) is 7.60. The van der Waals surface area contributed by atoms with Crippen molar-refractivity contribution in [3.05, 3.63) is 34.9 Å². The molecule has 1 N–H and O–H groups in total. The Morgan fingerprint density at radius 3 is 2.16 bits per heavy atom. The van der Waals surface area contributed by atoms with Gasteiger partial charge in [-0.2, -0.15) is 0 Å². The van der Waals surface area contributed by atoms with E-state index in [0.717, 1.165) is 5.56 Å². The van der Waals surface area contributed by atoms with Crippen LogP contribution in [0.25, 0.3) is 0 Å². The van der Waals surface area contributed by atoms with Gasteiger partial charge in [0.25, 0.3) is 0 Å². The van der Waals surface area contributed by atoms with E-state index in [-0.39, 0.29) is 16.9 Å². The molecule has 1 saturated carbocycles. The Balaban J connectivity index is 1.87. The quantitative estimate of drug-likeness (QED) is 0.839. The minimum Gasteiger partial charge on any atom is -0.388 e. The van der Waals surface area contributed by atoms with E-state index in [2.05, 4.69) is 45.9 Å². The van der Waals surface area contributed by atoms with Crippen LogP contribution in [0.4, 0.5) is 0 Å². The Kier molecular flexibility index (Phi) is 2.83. The second-order valence-corrected chi connectivity index (χ2v) is 7.60. The summed E-state index contributed by atoms with van der Waals surface area (Å²) < 4.78 is 0. The van der Waals surface area contributed by atoms with Gasteiger partial charge in [-0.15, -0.1) is 0 Å². The molecule has 0 heterocycles. The molecule has 3 rings (SSSR count). The highest BCUT2D eigenvalue weighted by Gasteiger charge is 2.67. The topological polar surface area (TPSA) is 20.2 Å². The number of benzene rings is 1. The third-order valence-electron chi connectivity index (χ3n) is 6.16. The Labute approximate surface area is 117 Å². The Morgan fingerprint density at radius 1 is 1.00 bits per heavy atom. The molecule has 104 valence electrons. The van der Waals surface area contributed by atoms with E-state index in [1.807, 2.05) is 0 Å². The van der Waals surface area contributed by atoms with Crippen LogP contribution in [0, 0.1) is 16.7 Å². The molecule has 0 aromatic heterocycles. The van der Waals surface area contributed by atoms with E-state index in [1.165, 1.54) is 36.8 Å². The number of aliphatic hydroxyl groups is 1. The van der Waals surface area contributed by atoms with Gasteiger partial charge in [0.2, 0.25) is 0 Å². The lowest BCUT2D eigenvalue weighted by Gasteiger charge is -2.19. The van der Waals surface area contributed by atoms with Crippen molar-refractivity contribution in [1.82, 2.24) is 0 Å². The molecule has 19 heavy (non-hydrogen) atoms. The summed E-state index contributed by atoms with van der Waals surface area (Å²) in [5, 5.41) is 10.7. The van der Waals surface area contributed by atoms with Crippen LogP contribution in [0.2, 0.25) is 0 Å². The summed E-state index contributed by atoms with van der Waals surface area (Å²) in [6, 6.07) is 6.67. The molecule has 1 aromatic rings. The first-order valence-electron chi connectivity index (χ1n) is 7.65. The van der Waals surface area contributed by atoms with Crippen molar-refractivity contribution >= 4 is 0 Å². The summed E-state index contributed by atoms with van der Waals surface area (Å²) in [7, 11) is 0. The predicted molar refractivity (Wildman–Crippen MR) is 79.1 cm³/mol. The molecular weight excluding hydrogens is 232 g/mol. The SMILES string of the molecule is CC1(C)C(C(O)c2ccc3c(c2)CCCC3)C1(C)C. The molecule has 0 saturated heterocycles. The van der Waals surface area contributed by atoms with Gasteiger partial charge in [-0.25, -0.2) is 0 Å². The lowest BCUT2D eigenvalue weighted by Crippen LogP contribution is -2.09. The molecule has 1 fully saturated rings. The van der Waals surface area contributed by atoms with Gasteiger partial charge in [0.05, 0.1) is 6.10 Å². The largest absolute Gasteiger partial charge is 0.388 e. The number of aliphatic hydroxyl groups excluding tert-OH is 1. The summed E-state index contributed by atoms with van der Waals surface area (Å²) in [6.45, 7) is 9.11. The molecule has 1 nitrogen and oxygen atoms in total. The Bertz CT molecular complexity index is 484. The van der Waals surface area contributed by atoms with Crippen LogP contribution in [0.1, 0.15) is 63.3 Å². The van der Waals surface area contributed by atoms with Crippen molar-refractivity contribution in [2.75, 3.05) is 0 Å². The summed E-state index contributed by atoms with van der Waals surface area (Å²) in [4.78, 5) is 0. The van der Waals surface area contributed by atoms with Crippen molar-refractivity contribution in [2.45, 2.75) is 59.5 Å². The Hall–Kier alpha value is -0.820. The third-order valence-corrected chi connectivity index (χ3v) is 6.16. The van der Waals surface area contributed by atoms with Crippen LogP contribution in [0.3, 0.4) is 0 Å². The molecule has 1 unspecified atom stereocenters. The van der Waals surface area contributed by atoms with Gasteiger partial charge in [0, 0.05) is 5.92 Å². The monoisotopic (exact) mass is 258 g/mol. The third kappa shape index (κ3) is 1.86. The maximum Gasteiger partial charge on any atom is 0.0828 e. The summed E-state index contributed by atoms with van der Waals surface area (Å²) in [5.74, 6) is 0.377. The van der Waals surface area contributed by atoms with Crippen molar-refractivity contribution in [2.24, 2.45) is 16.7 Å². The first-order chi connectivity index (χ1) is 8.85. The number of aryl methyl sites for hydroxylation is 2. The van der Waals surface area contributed by atoms with E-state index < -0.39 is 0 Å². The smallest absolute Gasteiger partial charge is 0.0828 e. The average molecular weight is 258 g/mol. The standard InChI is InChI=1S/C18H26O/c1-17(2)16(18(17,3)4)15(19)14-10-9-12-7-5-6-8-13(12)11-14/h9-11,15-16,19H,5-8H2,1-4H3. The second kappa shape index (κ2) is 4.09. The molecule has 1 atom stereocenters. The van der Waals surface area contributed by atoms with Crippen LogP contribution in [-0.4, -0.2) is 5.11 Å². The van der Waals surface area contributed by atoms with Crippen molar-refractivity contribution < 1.29 is 5.11 Å². The normalized spacial score (nSPS) is 25.7. The molecule has 0 bridgehead atoms. The highest BCUT2D eigenvalue weighted by molar-refractivity contribution is 5.36. The van der Waals surface area contributed by atoms with Crippen molar-refractivity contribution in [3.8, 4) is 0 Å². The fourth-order valence-corrected chi connectivity index (χ4v) is 4.17. The van der Waals surface area contributed by atoms with Crippen LogP contribution < -0.4 is 0 Å². The molecule has 1 heteroatoms. The molecule has 0 amide bonds. The number of hydrogen-bond donors (Lipinski definition) is 1. The van der Waals surface area contributed by atoms with E-state index in [1.54, 1.807) is 0 Å². The first kappa shape index (κ1) is 13.2. The zero-order chi connectivity index (χ0) is 13.8. The molecule has 1 aromatic carbocycles. The zero-order valence-corrected chi connectivity index (χ0v) is 12.7. The number of fused-ring (bicyclic) bond motifs is 1. The molecule has 0 spiro atoms. The predicted octanol–water partition coefficient (Wildman–Crippen LogP) is 4.28. The van der Waals surface area contributed by atoms with Gasteiger partial charge in [-0.1, -0.05) is 45.9 Å². The van der Waals surface area contributed by atoms with Gasteiger partial charge in [0.1, 0.15) is 0 Å². The zero-order valence-electron chi connectivity index (χ0n) is 12.7. The lowest BCUT2D eigenvalue weighted by atomic mass is 9.88. The fraction of sp³-hybridized carbons (Fsp3) is 0.667. The van der Waals surface area contributed by atoms with Gasteiger partial charge in [-0.3, -0.25) is 0 Å². The van der Waals surface area contributed by atoms with Crippen LogP contribution in [0.15, 0.2) is 18.2 Å². The summed E-state index contributed by atoms with van der Waals surface area (Å²) in [6.07, 6.45) is 4.71. The number of hydrogen-bond acceptors (Lipinski definition) is 1. The maximum absolute atomic E-state index is 10.7. The summed E-state index contributed by atoms with van der Waals surface area (Å²) in [5.41, 5.74) is 4.57. The van der Waals surface area contributed by atoms with Crippen molar-refractivity contribution in [1.29, 1.82) is 0 Å². The molecule has 2 aliphatic rings. The minimum atomic E-state index is -0.308. The van der Waals surface area contributed by atoms with Gasteiger partial charge < -0.3 is 5.11 Å². The van der Waals surface area contributed by atoms with Gasteiger partial charge in [0.15, 0.2) is 0 Å². The molecule has 0 radical (unpaired) electrons. The maximum atomic E-state index is 10.7. The van der Waals surface area contributed by atoms with E-state index in [0.29, 0.717) is 5.92 Å². The van der Waals surface area contributed by atoms with Gasteiger partial charge >= 0.3 is 0 Å². The minimum absolute atomic E-state index is 0.238. The van der Waals surface area contributed by atoms with Crippen LogP contribution >= 0.6 is 0 Å². The highest BCUT2D eigenvalue weighted by atomic mass is 16.3. The highest BCUT2D eigenvalue weighted by Crippen LogP contribution is 2.72. The molecule has 0 aliphatic heterocycles. The van der Waals surface area contributed by atoms with E-state index >= 15 is 0 Å². The first-order valence-corrected chi connectivity index (χ1v) is 7.65. The number of rotatable bonds is 2. The lowest BCUT2D eigenvalue weighted by molar-refractivity contribution is 0.130. The fourth-order valence-electron chi connectivity index (χ4n) is 4.17. The summed E-state index contributed by atoms with van der Waals surface area (Å²) >= 11 is 0. The van der Waals surface area contributed by atoms with Crippen LogP contribution in [-0.2, 0) is 12.8 Å². The Morgan fingerprint density at radius 2 is 1.58 bits per heavy atom.